The van der Waals surface area contributed by atoms with Crippen molar-refractivity contribution in [2.24, 2.45) is 0 Å². The number of methoxy groups -OCH3 is 2. The number of likely N-dealkylation sites (tertiary alicyclic amines) is 1. The molecule has 0 unspecified atom stereocenters. The third kappa shape index (κ3) is 4.53. The van der Waals surface area contributed by atoms with Crippen molar-refractivity contribution in [3.63, 3.8) is 0 Å². The van der Waals surface area contributed by atoms with E-state index in [0.29, 0.717) is 25.4 Å². The van der Waals surface area contributed by atoms with Crippen molar-refractivity contribution >= 4 is 12.0 Å². The van der Waals surface area contributed by atoms with Gasteiger partial charge in [-0.15, -0.1) is 0 Å². The second kappa shape index (κ2) is 8.56. The van der Waals surface area contributed by atoms with Crippen LogP contribution in [0.1, 0.15) is 57.6 Å². The Morgan fingerprint density at radius 3 is 2.48 bits per heavy atom. The summed E-state index contributed by atoms with van der Waals surface area (Å²) in [6.07, 6.45) is 3.68. The van der Waals surface area contributed by atoms with Gasteiger partial charge in [-0.1, -0.05) is 13.0 Å². The average molecular weight is 458 g/mol. The van der Waals surface area contributed by atoms with Gasteiger partial charge in [0.2, 0.25) is 0 Å². The number of carbonyl (C=O) groups is 2. The molecule has 3 aliphatic rings. The van der Waals surface area contributed by atoms with Crippen LogP contribution in [-0.2, 0) is 16.1 Å². The first kappa shape index (κ1) is 23.4. The Morgan fingerprint density at radius 1 is 1.18 bits per heavy atom. The van der Waals surface area contributed by atoms with Crippen LogP contribution in [0, 0.1) is 0 Å². The van der Waals surface area contributed by atoms with Gasteiger partial charge in [0.05, 0.1) is 32.8 Å². The molecule has 1 atom stereocenters. The Morgan fingerprint density at radius 2 is 1.88 bits per heavy atom. The molecule has 0 aromatic heterocycles. The molecule has 2 fully saturated rings. The van der Waals surface area contributed by atoms with Crippen LogP contribution in [0.4, 0.5) is 4.79 Å². The molecule has 0 bridgehead atoms. The van der Waals surface area contributed by atoms with Crippen LogP contribution in [0.15, 0.2) is 23.9 Å². The molecule has 4 rings (SSSR count). The van der Waals surface area contributed by atoms with Crippen molar-refractivity contribution in [1.29, 1.82) is 0 Å². The van der Waals surface area contributed by atoms with Crippen LogP contribution in [0.2, 0.25) is 0 Å². The number of piperidine rings is 1. The van der Waals surface area contributed by atoms with Crippen LogP contribution in [0.5, 0.6) is 11.5 Å². The summed E-state index contributed by atoms with van der Waals surface area (Å²) in [5, 5.41) is 3.27. The number of benzene rings is 1. The number of hydrogen-bond donors (Lipinski definition) is 1. The number of allylic oxidation sites excluding steroid dienone is 1. The van der Waals surface area contributed by atoms with Crippen LogP contribution >= 0.6 is 0 Å². The van der Waals surface area contributed by atoms with Crippen LogP contribution in [-0.4, -0.2) is 66.8 Å². The van der Waals surface area contributed by atoms with Crippen LogP contribution < -0.4 is 14.8 Å². The fraction of sp³-hybridized carbons (Fsp3) is 0.600. The molecule has 180 valence electrons. The Hall–Kier alpha value is -2.74. The zero-order valence-corrected chi connectivity index (χ0v) is 20.5. The Bertz CT molecular complexity index is 973. The fourth-order valence-corrected chi connectivity index (χ4v) is 5.22. The molecule has 3 aliphatic heterocycles. The Kier molecular flexibility index (Phi) is 6.07. The van der Waals surface area contributed by atoms with Gasteiger partial charge >= 0.3 is 12.0 Å². The topological polar surface area (TPSA) is 80.3 Å². The maximum Gasteiger partial charge on any atom is 0.322 e. The lowest BCUT2D eigenvalue weighted by molar-refractivity contribution is -0.156. The van der Waals surface area contributed by atoms with E-state index in [1.165, 1.54) is 0 Å². The van der Waals surface area contributed by atoms with E-state index in [1.54, 1.807) is 14.2 Å². The number of rotatable bonds is 4. The molecule has 1 spiro atoms. The molecule has 2 saturated heterocycles. The summed E-state index contributed by atoms with van der Waals surface area (Å²) >= 11 is 0. The largest absolute Gasteiger partial charge is 0.497 e. The maximum absolute atomic E-state index is 13.1. The van der Waals surface area contributed by atoms with Gasteiger partial charge in [0.25, 0.3) is 0 Å². The van der Waals surface area contributed by atoms with Gasteiger partial charge in [-0.05, 0) is 45.2 Å². The van der Waals surface area contributed by atoms with Gasteiger partial charge in [-0.3, -0.25) is 14.6 Å². The summed E-state index contributed by atoms with van der Waals surface area (Å²) in [5.74, 6) is 1.35. The number of nitrogens with zero attached hydrogens (tertiary/aromatic N) is 2. The van der Waals surface area contributed by atoms with Crippen LogP contribution in [0.3, 0.4) is 0 Å². The first-order valence-corrected chi connectivity index (χ1v) is 11.6. The van der Waals surface area contributed by atoms with E-state index in [9.17, 15) is 9.59 Å². The number of fused-ring (bicyclic) bond motifs is 3. The summed E-state index contributed by atoms with van der Waals surface area (Å²) in [7, 11) is 3.29. The third-order valence-corrected chi connectivity index (χ3v) is 6.70. The van der Waals surface area contributed by atoms with E-state index in [4.69, 9.17) is 14.2 Å². The first-order valence-electron chi connectivity index (χ1n) is 11.6. The number of amides is 2. The Labute approximate surface area is 195 Å². The minimum Gasteiger partial charge on any atom is -0.497 e. The highest BCUT2D eigenvalue weighted by atomic mass is 16.6. The van der Waals surface area contributed by atoms with Gasteiger partial charge in [-0.2, -0.15) is 0 Å². The number of urea groups is 1. The van der Waals surface area contributed by atoms with Crippen molar-refractivity contribution in [2.45, 2.75) is 64.1 Å². The molecule has 8 nitrogen and oxygen atoms in total. The summed E-state index contributed by atoms with van der Waals surface area (Å²) in [6.45, 7) is 9.92. The number of carbonyl (C=O) groups excluding carboxylic acids is 2. The van der Waals surface area contributed by atoms with E-state index in [1.807, 2.05) is 37.8 Å². The minimum absolute atomic E-state index is 0.0743. The van der Waals surface area contributed by atoms with E-state index in [0.717, 1.165) is 35.4 Å². The predicted octanol–water partition coefficient (Wildman–Crippen LogP) is 3.41. The van der Waals surface area contributed by atoms with Gasteiger partial charge in [0, 0.05) is 36.3 Å². The molecular formula is C25H35N3O5. The number of esters is 1. The van der Waals surface area contributed by atoms with Crippen molar-refractivity contribution in [2.75, 3.05) is 33.9 Å². The minimum atomic E-state index is -0.492. The van der Waals surface area contributed by atoms with Gasteiger partial charge < -0.3 is 19.5 Å². The lowest BCUT2D eigenvalue weighted by Crippen LogP contribution is -2.52. The molecule has 8 heteroatoms. The monoisotopic (exact) mass is 457 g/mol. The lowest BCUT2D eigenvalue weighted by atomic mass is 9.83. The summed E-state index contributed by atoms with van der Waals surface area (Å²) < 4.78 is 16.6. The highest BCUT2D eigenvalue weighted by Crippen LogP contribution is 2.45. The fourth-order valence-electron chi connectivity index (χ4n) is 5.22. The van der Waals surface area contributed by atoms with Gasteiger partial charge in [0.15, 0.2) is 0 Å². The summed E-state index contributed by atoms with van der Waals surface area (Å²) in [5.41, 5.74) is 2.22. The van der Waals surface area contributed by atoms with Crippen molar-refractivity contribution in [3.05, 3.63) is 35.0 Å². The molecule has 0 saturated carbocycles. The number of nitrogens with one attached hydrogen (secondary N) is 1. The molecule has 1 aromatic rings. The molecule has 2 amide bonds. The highest BCUT2D eigenvalue weighted by molar-refractivity contribution is 5.83. The highest BCUT2D eigenvalue weighted by Gasteiger charge is 2.50. The molecular weight excluding hydrogens is 422 g/mol. The standard InChI is InChI=1S/C25H35N3O5/c1-16-11-20-25(7-9-27(10-8-25)15-21(29)33-24(2,3)4)26-23(30)28(20)14-17-12-18(31-5)13-19(32-6)22(16)17/h11-13,16H,7-10,14-15H2,1-6H3,(H,26,30)/t16-/m0/s1. The van der Waals surface area contributed by atoms with Gasteiger partial charge in [-0.25, -0.2) is 4.79 Å². The molecule has 1 aromatic carbocycles. The van der Waals surface area contributed by atoms with E-state index < -0.39 is 11.1 Å². The van der Waals surface area contributed by atoms with Crippen LogP contribution in [0.25, 0.3) is 0 Å². The quantitative estimate of drug-likeness (QED) is 0.698. The normalized spacial score (nSPS) is 22.1. The first-order chi connectivity index (χ1) is 15.5. The molecule has 3 heterocycles. The van der Waals surface area contributed by atoms with E-state index >= 15 is 0 Å². The average Bonchev–Trinajstić information content (AvgIpc) is 2.88. The lowest BCUT2D eigenvalue weighted by Gasteiger charge is -2.39. The molecule has 0 aliphatic carbocycles. The molecule has 1 N–H and O–H groups in total. The SMILES string of the molecule is COc1cc2c(c(OC)c1)[C@@H](C)C=C1N(C2)C(=O)NC12CCN(CC(=O)OC(C)(C)C)CC2. The van der Waals surface area contributed by atoms with Crippen molar-refractivity contribution in [1.82, 2.24) is 15.1 Å². The zero-order chi connectivity index (χ0) is 24.0. The predicted molar refractivity (Wildman–Crippen MR) is 124 cm³/mol. The summed E-state index contributed by atoms with van der Waals surface area (Å²) in [4.78, 5) is 29.3. The third-order valence-electron chi connectivity index (χ3n) is 6.70. The number of hydrogen-bond acceptors (Lipinski definition) is 6. The second-order valence-corrected chi connectivity index (χ2v) is 10.2. The summed E-state index contributed by atoms with van der Waals surface area (Å²) in [6, 6.07) is 3.81. The molecule has 0 radical (unpaired) electrons. The van der Waals surface area contributed by atoms with Gasteiger partial charge in [0.1, 0.15) is 17.1 Å². The van der Waals surface area contributed by atoms with E-state index in [-0.39, 0.29) is 24.5 Å². The maximum atomic E-state index is 13.1. The van der Waals surface area contributed by atoms with Crippen molar-refractivity contribution in [3.8, 4) is 11.5 Å². The second-order valence-electron chi connectivity index (χ2n) is 10.2. The van der Waals surface area contributed by atoms with E-state index in [2.05, 4.69) is 23.2 Å². The smallest absolute Gasteiger partial charge is 0.322 e. The number of ether oxygens (including phenoxy) is 3. The molecule has 33 heavy (non-hydrogen) atoms. The Balaban J connectivity index is 1.56. The van der Waals surface area contributed by atoms with Crippen molar-refractivity contribution < 1.29 is 23.8 Å². The zero-order valence-electron chi connectivity index (χ0n) is 20.5.